The van der Waals surface area contributed by atoms with Crippen LogP contribution in [0.3, 0.4) is 0 Å². The van der Waals surface area contributed by atoms with Crippen LogP contribution in [0.1, 0.15) is 70.5 Å². The summed E-state index contributed by atoms with van der Waals surface area (Å²) in [5.74, 6) is -0.731. The second kappa shape index (κ2) is 7.21. The van der Waals surface area contributed by atoms with Crippen LogP contribution >= 0.6 is 0 Å². The Kier molecular flexibility index (Phi) is 5.34. The Labute approximate surface area is 170 Å². The van der Waals surface area contributed by atoms with Crippen LogP contribution in [0.4, 0.5) is 4.39 Å². The molecule has 1 aromatic carbocycles. The molecule has 0 radical (unpaired) electrons. The molecule has 1 saturated heterocycles. The quantitative estimate of drug-likeness (QED) is 0.791. The lowest BCUT2D eigenvalue weighted by Gasteiger charge is -2.32. The van der Waals surface area contributed by atoms with E-state index >= 15 is 0 Å². The summed E-state index contributed by atoms with van der Waals surface area (Å²) in [4.78, 5) is 16.3. The maximum Gasteiger partial charge on any atom is 0.494 e. The normalized spacial score (nSPS) is 18.1. The van der Waals surface area contributed by atoms with Gasteiger partial charge in [-0.2, -0.15) is 4.98 Å². The van der Waals surface area contributed by atoms with Crippen LogP contribution in [0.25, 0.3) is 0 Å². The van der Waals surface area contributed by atoms with Gasteiger partial charge in [-0.15, -0.1) is 0 Å². The molecule has 0 unspecified atom stereocenters. The van der Waals surface area contributed by atoms with Gasteiger partial charge in [-0.05, 0) is 39.2 Å². The van der Waals surface area contributed by atoms with Gasteiger partial charge in [0.25, 0.3) is 0 Å². The smallest absolute Gasteiger partial charge is 0.399 e. The third kappa shape index (κ3) is 4.35. The number of hydrogen-bond acceptors (Lipinski definition) is 6. The predicted octanol–water partition coefficient (Wildman–Crippen LogP) is 2.74. The van der Waals surface area contributed by atoms with E-state index in [-0.39, 0.29) is 17.9 Å². The number of carbonyl (C=O) groups excluding carboxylic acids is 1. The van der Waals surface area contributed by atoms with Crippen LogP contribution in [0, 0.1) is 5.82 Å². The number of aromatic nitrogens is 2. The van der Waals surface area contributed by atoms with Crippen molar-refractivity contribution in [2.24, 2.45) is 0 Å². The molecule has 156 valence electrons. The highest BCUT2D eigenvalue weighted by Crippen LogP contribution is 2.36. The second-order valence-electron chi connectivity index (χ2n) is 9.29. The fourth-order valence-corrected chi connectivity index (χ4v) is 2.70. The standard InChI is InChI=1S/C20H27BFN3O4/c1-18(2,3)17-24-16(27-25-17)15(26)23-11-12-8-9-13(10-14(12)22)21-28-19(4,5)20(6,7)29-21/h8-10H,11H2,1-7H3,(H,23,26). The lowest BCUT2D eigenvalue weighted by atomic mass is 9.78. The summed E-state index contributed by atoms with van der Waals surface area (Å²) < 4.78 is 31.5. The van der Waals surface area contributed by atoms with E-state index in [1.54, 1.807) is 12.1 Å². The van der Waals surface area contributed by atoms with E-state index in [4.69, 9.17) is 13.8 Å². The molecule has 1 fully saturated rings. The topological polar surface area (TPSA) is 86.5 Å². The number of amides is 1. The molecule has 0 saturated carbocycles. The molecule has 0 atom stereocenters. The SMILES string of the molecule is CC(C)(C)c1noc(C(=O)NCc2ccc(B3OC(C)(C)C(C)(C)O3)cc2F)n1. The number of rotatable bonds is 4. The van der Waals surface area contributed by atoms with Crippen molar-refractivity contribution in [3.05, 3.63) is 41.3 Å². The van der Waals surface area contributed by atoms with Crippen LogP contribution in [0.15, 0.2) is 22.7 Å². The summed E-state index contributed by atoms with van der Waals surface area (Å²) in [5.41, 5.74) is -0.428. The summed E-state index contributed by atoms with van der Waals surface area (Å²) in [6.07, 6.45) is 0. The second-order valence-corrected chi connectivity index (χ2v) is 9.29. The van der Waals surface area contributed by atoms with Gasteiger partial charge in [0, 0.05) is 17.5 Å². The number of nitrogens with one attached hydrogen (secondary N) is 1. The van der Waals surface area contributed by atoms with E-state index in [0.717, 1.165) is 0 Å². The maximum atomic E-state index is 14.6. The summed E-state index contributed by atoms with van der Waals surface area (Å²) in [7, 11) is -0.646. The van der Waals surface area contributed by atoms with E-state index in [1.807, 2.05) is 48.5 Å². The van der Waals surface area contributed by atoms with E-state index in [2.05, 4.69) is 15.5 Å². The summed E-state index contributed by atoms with van der Waals surface area (Å²) in [6.45, 7) is 13.5. The molecule has 29 heavy (non-hydrogen) atoms. The summed E-state index contributed by atoms with van der Waals surface area (Å²) >= 11 is 0. The molecule has 2 heterocycles. The Hall–Kier alpha value is -2.26. The van der Waals surface area contributed by atoms with E-state index in [0.29, 0.717) is 16.9 Å². The number of benzene rings is 1. The molecule has 0 bridgehead atoms. The van der Waals surface area contributed by atoms with Crippen LogP contribution in [0.2, 0.25) is 0 Å². The molecule has 1 aliphatic heterocycles. The molecule has 2 aromatic rings. The Morgan fingerprint density at radius 2 is 1.79 bits per heavy atom. The highest BCUT2D eigenvalue weighted by Gasteiger charge is 2.51. The first-order chi connectivity index (χ1) is 13.3. The molecule has 1 aliphatic rings. The molecule has 7 nitrogen and oxygen atoms in total. The first-order valence-corrected chi connectivity index (χ1v) is 9.56. The lowest BCUT2D eigenvalue weighted by molar-refractivity contribution is 0.00578. The van der Waals surface area contributed by atoms with Gasteiger partial charge in [-0.25, -0.2) is 4.39 Å². The van der Waals surface area contributed by atoms with Crippen molar-refractivity contribution in [1.29, 1.82) is 0 Å². The zero-order chi connectivity index (χ0) is 21.6. The summed E-state index contributed by atoms with van der Waals surface area (Å²) in [6, 6.07) is 4.70. The average Bonchev–Trinajstić information content (AvgIpc) is 3.16. The maximum absolute atomic E-state index is 14.6. The van der Waals surface area contributed by atoms with Crippen molar-refractivity contribution in [1.82, 2.24) is 15.5 Å². The van der Waals surface area contributed by atoms with Gasteiger partial charge in [0.1, 0.15) is 5.82 Å². The van der Waals surface area contributed by atoms with Gasteiger partial charge in [0.2, 0.25) is 0 Å². The number of carbonyl (C=O) groups is 1. The van der Waals surface area contributed by atoms with Crippen molar-refractivity contribution in [2.45, 2.75) is 71.6 Å². The van der Waals surface area contributed by atoms with Gasteiger partial charge in [-0.1, -0.05) is 38.1 Å². The number of nitrogens with zero attached hydrogens (tertiary/aromatic N) is 2. The lowest BCUT2D eigenvalue weighted by Crippen LogP contribution is -2.41. The van der Waals surface area contributed by atoms with Crippen LogP contribution in [-0.4, -0.2) is 34.4 Å². The molecule has 1 N–H and O–H groups in total. The molecule has 1 amide bonds. The Morgan fingerprint density at radius 1 is 1.17 bits per heavy atom. The van der Waals surface area contributed by atoms with Crippen LogP contribution in [0.5, 0.6) is 0 Å². The van der Waals surface area contributed by atoms with Crippen molar-refractivity contribution >= 4 is 18.5 Å². The zero-order valence-corrected chi connectivity index (χ0v) is 17.9. The van der Waals surface area contributed by atoms with Gasteiger partial charge >= 0.3 is 18.9 Å². The minimum Gasteiger partial charge on any atom is -0.399 e. The van der Waals surface area contributed by atoms with Crippen molar-refractivity contribution in [2.75, 3.05) is 0 Å². The fourth-order valence-electron chi connectivity index (χ4n) is 2.70. The summed E-state index contributed by atoms with van der Waals surface area (Å²) in [5, 5.41) is 6.41. The highest BCUT2D eigenvalue weighted by molar-refractivity contribution is 6.62. The van der Waals surface area contributed by atoms with Crippen LogP contribution in [-0.2, 0) is 21.3 Å². The molecule has 0 aliphatic carbocycles. The molecule has 0 spiro atoms. The van der Waals surface area contributed by atoms with Gasteiger partial charge < -0.3 is 19.1 Å². The van der Waals surface area contributed by atoms with Crippen LogP contribution < -0.4 is 10.8 Å². The Bertz CT molecular complexity index is 905. The minimum absolute atomic E-state index is 0.0124. The van der Waals surface area contributed by atoms with E-state index < -0.39 is 30.0 Å². The van der Waals surface area contributed by atoms with E-state index in [9.17, 15) is 9.18 Å². The van der Waals surface area contributed by atoms with Crippen molar-refractivity contribution < 1.29 is 23.0 Å². The molecule has 9 heteroatoms. The largest absolute Gasteiger partial charge is 0.494 e. The Balaban J connectivity index is 1.66. The van der Waals surface area contributed by atoms with Gasteiger partial charge in [-0.3, -0.25) is 4.79 Å². The number of halogens is 1. The molecule has 1 aromatic heterocycles. The highest BCUT2D eigenvalue weighted by atomic mass is 19.1. The van der Waals surface area contributed by atoms with Gasteiger partial charge in [0.05, 0.1) is 11.2 Å². The monoisotopic (exact) mass is 403 g/mol. The predicted molar refractivity (Wildman–Crippen MR) is 106 cm³/mol. The zero-order valence-electron chi connectivity index (χ0n) is 17.9. The molecular formula is C20H27BFN3O4. The third-order valence-corrected chi connectivity index (χ3v) is 5.33. The third-order valence-electron chi connectivity index (χ3n) is 5.33. The van der Waals surface area contributed by atoms with Crippen molar-refractivity contribution in [3.63, 3.8) is 0 Å². The molecular weight excluding hydrogens is 376 g/mol. The molecule has 3 rings (SSSR count). The Morgan fingerprint density at radius 3 is 2.31 bits per heavy atom. The number of hydrogen-bond donors (Lipinski definition) is 1. The average molecular weight is 403 g/mol. The van der Waals surface area contributed by atoms with E-state index in [1.165, 1.54) is 6.07 Å². The van der Waals surface area contributed by atoms with Crippen molar-refractivity contribution in [3.8, 4) is 0 Å². The first kappa shape index (κ1) is 21.5. The fraction of sp³-hybridized carbons (Fsp3) is 0.550. The minimum atomic E-state index is -0.646. The van der Waals surface area contributed by atoms with Gasteiger partial charge in [0.15, 0.2) is 5.82 Å². The first-order valence-electron chi connectivity index (χ1n) is 9.56.